The lowest BCUT2D eigenvalue weighted by Crippen LogP contribution is -1.95. The van der Waals surface area contributed by atoms with Gasteiger partial charge >= 0.3 is 0 Å². The minimum Gasteiger partial charge on any atom is -0.456 e. The molecule has 0 unspecified atom stereocenters. The van der Waals surface area contributed by atoms with Gasteiger partial charge in [0.1, 0.15) is 16.5 Å². The van der Waals surface area contributed by atoms with Gasteiger partial charge in [-0.2, -0.15) is 0 Å². The molecular weight excluding hydrogens is 224 g/mol. The summed E-state index contributed by atoms with van der Waals surface area (Å²) in [5, 5.41) is 0.491. The number of halogens is 1. The van der Waals surface area contributed by atoms with Crippen LogP contribution in [0.4, 0.5) is 0 Å². The van der Waals surface area contributed by atoms with Crippen molar-refractivity contribution in [3.05, 3.63) is 53.3 Å². The molecule has 1 heterocycles. The van der Waals surface area contributed by atoms with Gasteiger partial charge in [0.15, 0.2) is 0 Å². The van der Waals surface area contributed by atoms with Crippen LogP contribution in [0.1, 0.15) is 5.56 Å². The zero-order valence-electron chi connectivity index (χ0n) is 8.56. The maximum absolute atomic E-state index is 5.93. The van der Waals surface area contributed by atoms with Gasteiger partial charge in [0.25, 0.3) is 0 Å². The van der Waals surface area contributed by atoms with Crippen LogP contribution in [0.5, 0.6) is 11.5 Å². The van der Waals surface area contributed by atoms with Gasteiger partial charge in [0.05, 0.1) is 0 Å². The molecular formula is C12H11ClN2O. The van der Waals surface area contributed by atoms with E-state index >= 15 is 0 Å². The monoisotopic (exact) mass is 234 g/mol. The van der Waals surface area contributed by atoms with Crippen LogP contribution < -0.4 is 10.5 Å². The average Bonchev–Trinajstić information content (AvgIpc) is 2.33. The van der Waals surface area contributed by atoms with E-state index in [0.29, 0.717) is 17.3 Å². The van der Waals surface area contributed by atoms with E-state index in [9.17, 15) is 0 Å². The number of nitrogens with two attached hydrogens (primary N) is 1. The number of nitrogens with zero attached hydrogens (tertiary/aromatic N) is 1. The quantitative estimate of drug-likeness (QED) is 0.888. The number of benzene rings is 1. The summed E-state index contributed by atoms with van der Waals surface area (Å²) in [6.07, 6.45) is 3.18. The van der Waals surface area contributed by atoms with Crippen LogP contribution in [0.25, 0.3) is 0 Å². The van der Waals surface area contributed by atoms with E-state index in [4.69, 9.17) is 22.1 Å². The van der Waals surface area contributed by atoms with E-state index in [1.807, 2.05) is 24.3 Å². The van der Waals surface area contributed by atoms with Gasteiger partial charge in [0.2, 0.25) is 0 Å². The number of hydrogen-bond donors (Lipinski definition) is 1. The van der Waals surface area contributed by atoms with Crippen LogP contribution in [-0.4, -0.2) is 4.98 Å². The summed E-state index contributed by atoms with van der Waals surface area (Å²) in [4.78, 5) is 3.89. The Morgan fingerprint density at radius 2 is 1.94 bits per heavy atom. The number of aromatic nitrogens is 1. The third-order valence-electron chi connectivity index (χ3n) is 2.12. The molecule has 0 aliphatic heterocycles. The largest absolute Gasteiger partial charge is 0.456 e. The smallest absolute Gasteiger partial charge is 0.149 e. The molecule has 0 bridgehead atoms. The van der Waals surface area contributed by atoms with Crippen molar-refractivity contribution >= 4 is 11.6 Å². The van der Waals surface area contributed by atoms with E-state index < -0.39 is 0 Å². The van der Waals surface area contributed by atoms with Gasteiger partial charge in [-0.25, -0.2) is 0 Å². The van der Waals surface area contributed by atoms with Gasteiger partial charge in [0, 0.05) is 25.0 Å². The van der Waals surface area contributed by atoms with Crippen LogP contribution >= 0.6 is 11.6 Å². The van der Waals surface area contributed by atoms with Gasteiger partial charge < -0.3 is 10.5 Å². The fraction of sp³-hybridized carbons (Fsp3) is 0.0833. The summed E-state index contributed by atoms with van der Waals surface area (Å²) < 4.78 is 5.60. The van der Waals surface area contributed by atoms with Crippen molar-refractivity contribution < 1.29 is 4.74 Å². The van der Waals surface area contributed by atoms with Crippen LogP contribution in [-0.2, 0) is 6.54 Å². The highest BCUT2D eigenvalue weighted by Crippen LogP contribution is 2.27. The lowest BCUT2D eigenvalue weighted by molar-refractivity contribution is 0.482. The lowest BCUT2D eigenvalue weighted by atomic mass is 10.2. The first-order valence-electron chi connectivity index (χ1n) is 4.86. The minimum absolute atomic E-state index is 0.491. The minimum atomic E-state index is 0.491. The fourth-order valence-electron chi connectivity index (χ4n) is 1.27. The molecule has 1 aromatic carbocycles. The van der Waals surface area contributed by atoms with Gasteiger partial charge in [-0.1, -0.05) is 23.7 Å². The highest BCUT2D eigenvalue weighted by Gasteiger charge is 2.02. The average molecular weight is 235 g/mol. The standard InChI is InChI=1S/C12H11ClN2O/c13-11-8-15-6-5-12(11)16-10-3-1-9(7-14)2-4-10/h1-6,8H,7,14H2. The van der Waals surface area contributed by atoms with E-state index in [1.165, 1.54) is 0 Å². The van der Waals surface area contributed by atoms with Crippen molar-refractivity contribution in [3.63, 3.8) is 0 Å². The maximum atomic E-state index is 5.93. The molecule has 4 heteroatoms. The predicted octanol–water partition coefficient (Wildman–Crippen LogP) is 2.99. The number of pyridine rings is 1. The molecule has 0 saturated heterocycles. The van der Waals surface area contributed by atoms with Crippen molar-refractivity contribution in [1.29, 1.82) is 0 Å². The molecule has 82 valence electrons. The van der Waals surface area contributed by atoms with E-state index in [-0.39, 0.29) is 0 Å². The fourth-order valence-corrected chi connectivity index (χ4v) is 1.42. The second kappa shape index (κ2) is 4.96. The Morgan fingerprint density at radius 1 is 1.19 bits per heavy atom. The first-order chi connectivity index (χ1) is 7.79. The molecule has 0 fully saturated rings. The third kappa shape index (κ3) is 2.51. The van der Waals surface area contributed by atoms with Crippen molar-refractivity contribution in [2.45, 2.75) is 6.54 Å². The van der Waals surface area contributed by atoms with E-state index in [2.05, 4.69) is 4.98 Å². The van der Waals surface area contributed by atoms with Crippen molar-refractivity contribution in [2.24, 2.45) is 5.73 Å². The van der Waals surface area contributed by atoms with Crippen molar-refractivity contribution in [2.75, 3.05) is 0 Å². The number of hydrogen-bond acceptors (Lipinski definition) is 3. The highest BCUT2D eigenvalue weighted by atomic mass is 35.5. The summed E-state index contributed by atoms with van der Waals surface area (Å²) in [6, 6.07) is 9.28. The summed E-state index contributed by atoms with van der Waals surface area (Å²) in [7, 11) is 0. The van der Waals surface area contributed by atoms with Crippen LogP contribution in [0.3, 0.4) is 0 Å². The molecule has 0 radical (unpaired) electrons. The predicted molar refractivity (Wildman–Crippen MR) is 63.7 cm³/mol. The Kier molecular flexibility index (Phi) is 3.39. The molecule has 0 amide bonds. The molecule has 2 N–H and O–H groups in total. The molecule has 1 aromatic heterocycles. The second-order valence-electron chi connectivity index (χ2n) is 3.26. The molecule has 2 aromatic rings. The topological polar surface area (TPSA) is 48.1 Å². The van der Waals surface area contributed by atoms with E-state index in [0.717, 1.165) is 11.3 Å². The Morgan fingerprint density at radius 3 is 2.56 bits per heavy atom. The summed E-state index contributed by atoms with van der Waals surface area (Å²) in [5.74, 6) is 1.32. The summed E-state index contributed by atoms with van der Waals surface area (Å²) in [6.45, 7) is 0.524. The Hall–Kier alpha value is -1.58. The molecule has 0 spiro atoms. The maximum Gasteiger partial charge on any atom is 0.149 e. The molecule has 16 heavy (non-hydrogen) atoms. The normalized spacial score (nSPS) is 10.1. The Balaban J connectivity index is 2.18. The number of ether oxygens (including phenoxy) is 1. The van der Waals surface area contributed by atoms with Crippen molar-refractivity contribution in [3.8, 4) is 11.5 Å². The Labute approximate surface area is 98.8 Å². The lowest BCUT2D eigenvalue weighted by Gasteiger charge is -2.07. The molecule has 0 atom stereocenters. The number of rotatable bonds is 3. The molecule has 0 aliphatic carbocycles. The van der Waals surface area contributed by atoms with Gasteiger partial charge in [-0.15, -0.1) is 0 Å². The summed E-state index contributed by atoms with van der Waals surface area (Å²) in [5.41, 5.74) is 6.57. The SMILES string of the molecule is NCc1ccc(Oc2ccncc2Cl)cc1. The Bertz CT molecular complexity index is 471. The summed E-state index contributed by atoms with van der Waals surface area (Å²) >= 11 is 5.93. The van der Waals surface area contributed by atoms with E-state index in [1.54, 1.807) is 18.5 Å². The third-order valence-corrected chi connectivity index (χ3v) is 2.41. The first kappa shape index (κ1) is 10.9. The zero-order chi connectivity index (χ0) is 11.4. The second-order valence-corrected chi connectivity index (χ2v) is 3.66. The van der Waals surface area contributed by atoms with Crippen LogP contribution in [0.15, 0.2) is 42.7 Å². The van der Waals surface area contributed by atoms with Crippen molar-refractivity contribution in [1.82, 2.24) is 4.98 Å². The molecule has 3 nitrogen and oxygen atoms in total. The first-order valence-corrected chi connectivity index (χ1v) is 5.24. The van der Waals surface area contributed by atoms with Gasteiger partial charge in [-0.3, -0.25) is 4.98 Å². The van der Waals surface area contributed by atoms with Crippen LogP contribution in [0, 0.1) is 0 Å². The molecule has 2 rings (SSSR count). The molecule has 0 saturated carbocycles. The van der Waals surface area contributed by atoms with Gasteiger partial charge in [-0.05, 0) is 17.7 Å². The zero-order valence-corrected chi connectivity index (χ0v) is 9.32. The molecule has 0 aliphatic rings. The highest BCUT2D eigenvalue weighted by molar-refractivity contribution is 6.31. The van der Waals surface area contributed by atoms with Crippen LogP contribution in [0.2, 0.25) is 5.02 Å².